The van der Waals surface area contributed by atoms with E-state index in [1.165, 1.54) is 91.3 Å². The van der Waals surface area contributed by atoms with E-state index in [4.69, 9.17) is 34.3 Å². The standard InChI is InChI=1S/2C28H28N4O5.C17H22N2O.C11H9NO4/c2*1-15-23(30-29-20-8-6-7-17(24(20)33)21-11-12-22(37-21)26(35)36)25(34)32(31-15)16-9-10-18-19(13-16)28(4,5)14-27(18,2)3;1-11-8-15(20)19(18-11)12-6-7-13-14(9-12)17(4,5)10-16(13,2)3;12-7-3-1-2-6(10(7)13)8-4-5-9(16-8)11(14)15/h2*6-13,31,33H,14H2,1-5H3,(H,35,36);6-7,9H,8,10H2,1-5H3;1-5,13H,12H2,(H,14,15). The van der Waals surface area contributed by atoms with Gasteiger partial charge in [-0.25, -0.2) is 28.8 Å². The van der Waals surface area contributed by atoms with Crippen molar-refractivity contribution in [1.82, 2.24) is 19.6 Å². The molecule has 0 fully saturated rings. The minimum Gasteiger partial charge on any atom is -0.505 e. The number of carboxylic acids is 3. The predicted octanol–water partition coefficient (Wildman–Crippen LogP) is 18.7. The van der Waals surface area contributed by atoms with Gasteiger partial charge in [-0.05, 0) is 215 Å². The number of rotatable bonds is 13. The van der Waals surface area contributed by atoms with E-state index in [0.29, 0.717) is 23.4 Å². The van der Waals surface area contributed by atoms with E-state index in [9.17, 15) is 44.1 Å². The van der Waals surface area contributed by atoms with Gasteiger partial charge in [0.15, 0.2) is 22.9 Å². The van der Waals surface area contributed by atoms with Crippen LogP contribution in [0.25, 0.3) is 45.3 Å². The number of aromatic carboxylic acids is 3. The van der Waals surface area contributed by atoms with Crippen molar-refractivity contribution in [3.05, 3.63) is 228 Å². The lowest BCUT2D eigenvalue weighted by atomic mass is 9.82. The number of phenols is 3. The topological polar surface area (TPSA) is 396 Å². The third-order valence-corrected chi connectivity index (χ3v) is 20.7. The summed E-state index contributed by atoms with van der Waals surface area (Å²) >= 11 is 0. The lowest BCUT2D eigenvalue weighted by molar-refractivity contribution is -0.116. The van der Waals surface area contributed by atoms with Gasteiger partial charge in [-0.2, -0.15) is 5.10 Å². The molecule has 1 amide bonds. The minimum absolute atomic E-state index is 0.00953. The first-order valence-electron chi connectivity index (χ1n) is 35.6. The molecule has 0 saturated heterocycles. The lowest BCUT2D eigenvalue weighted by Crippen LogP contribution is -2.20. The van der Waals surface area contributed by atoms with Crippen molar-refractivity contribution in [2.24, 2.45) is 25.6 Å². The molecule has 0 bridgehead atoms. The number of fused-ring (bicyclic) bond motifs is 3. The summed E-state index contributed by atoms with van der Waals surface area (Å²) in [6.45, 7) is 32.4. The van der Waals surface area contributed by atoms with Crippen molar-refractivity contribution < 1.29 is 63.1 Å². The number of carboxylic acid groups (broad SMARTS) is 3. The fraction of sp³-hybridized carbons (Fsp3) is 0.298. The molecule has 11 aromatic rings. The number of nitrogens with zero attached hydrogens (tertiary/aromatic N) is 8. The highest BCUT2D eigenvalue weighted by molar-refractivity contribution is 6.12. The van der Waals surface area contributed by atoms with Crippen molar-refractivity contribution in [3.63, 3.8) is 0 Å². The number of aryl methyl sites for hydroxylation is 2. The number of furan rings is 3. The van der Waals surface area contributed by atoms with Crippen LogP contribution in [0.5, 0.6) is 17.2 Å². The first-order chi connectivity index (χ1) is 51.6. The van der Waals surface area contributed by atoms with Crippen LogP contribution in [-0.2, 0) is 37.3 Å². The van der Waals surface area contributed by atoms with E-state index >= 15 is 0 Å². The molecule has 3 aliphatic carbocycles. The molecule has 0 unspecified atom stereocenters. The van der Waals surface area contributed by atoms with Crippen molar-refractivity contribution >= 4 is 63.7 Å². The van der Waals surface area contributed by atoms with Crippen molar-refractivity contribution in [2.45, 2.75) is 162 Å². The average molecular weight is 1490 g/mol. The maximum absolute atomic E-state index is 13.3. The molecule has 4 aliphatic rings. The second-order valence-electron chi connectivity index (χ2n) is 32.1. The van der Waals surface area contributed by atoms with Crippen LogP contribution >= 0.6 is 0 Å². The molecule has 5 aromatic heterocycles. The summed E-state index contributed by atoms with van der Waals surface area (Å²) in [6, 6.07) is 41.1. The fourth-order valence-corrected chi connectivity index (χ4v) is 16.2. The molecule has 0 spiro atoms. The SMILES string of the molecule is CC1=NN(c2ccc3c(c2)C(C)(C)CC3(C)C)C(=O)C1.Cc1[nH]n(-c2ccc3c(c2)C(C)(C)CC3(C)C)c(=O)c1N=Nc1cccc(-c2ccc(C(=O)O)o2)c1O.Cc1[nH]n(-c2ccc3c(c2)C(C)(C)CC3(C)C)c(=O)c1N=Nc1cccc(-c2ccc(C(=O)O)o2)c1O.Nc1cccc(-c2ccc(C(=O)O)o2)c1O. The summed E-state index contributed by atoms with van der Waals surface area (Å²) in [6.07, 6.45) is 3.62. The van der Waals surface area contributed by atoms with E-state index in [1.807, 2.05) is 25.1 Å². The van der Waals surface area contributed by atoms with Gasteiger partial charge in [-0.15, -0.1) is 20.5 Å². The number of carbonyl (C=O) groups is 4. The number of anilines is 2. The molecule has 0 atom stereocenters. The largest absolute Gasteiger partial charge is 0.505 e. The number of aromatic nitrogens is 4. The highest BCUT2D eigenvalue weighted by Gasteiger charge is 2.45. The van der Waals surface area contributed by atoms with Gasteiger partial charge in [0.1, 0.15) is 34.4 Å². The van der Waals surface area contributed by atoms with Crippen molar-refractivity contribution in [3.8, 4) is 62.6 Å². The third-order valence-electron chi connectivity index (χ3n) is 20.7. The number of H-pyrrole nitrogens is 2. The van der Waals surface area contributed by atoms with Crippen LogP contribution in [0.15, 0.2) is 194 Å². The molecule has 6 aromatic carbocycles. The van der Waals surface area contributed by atoms with Crippen LogP contribution < -0.4 is 21.9 Å². The quantitative estimate of drug-likeness (QED) is 0.0294. The number of carbonyl (C=O) groups excluding carboxylic acids is 1. The lowest BCUT2D eigenvalue weighted by Gasteiger charge is -2.22. The Balaban J connectivity index is 0.000000144. The number of nitrogen functional groups attached to an aromatic ring is 1. The number of hydrogen-bond donors (Lipinski definition) is 9. The van der Waals surface area contributed by atoms with E-state index in [2.05, 4.69) is 155 Å². The second-order valence-corrected chi connectivity index (χ2v) is 32.1. The van der Waals surface area contributed by atoms with Crippen LogP contribution in [0, 0.1) is 13.8 Å². The summed E-state index contributed by atoms with van der Waals surface area (Å²) in [5.74, 6) is -4.17. The molecule has 110 heavy (non-hydrogen) atoms. The van der Waals surface area contributed by atoms with E-state index in [0.717, 1.165) is 42.0 Å². The number of para-hydroxylation sites is 3. The number of azo groups is 2. The molecule has 0 saturated carbocycles. The monoisotopic (exact) mass is 1490 g/mol. The molecular formula is C84H87N11O15. The second kappa shape index (κ2) is 28.4. The number of nitrogens with one attached hydrogen (secondary N) is 2. The summed E-state index contributed by atoms with van der Waals surface area (Å²) in [5.41, 5.74) is 18.9. The molecule has 1 aliphatic heterocycles. The number of hydrogen-bond acceptors (Lipinski definition) is 18. The van der Waals surface area contributed by atoms with Gasteiger partial charge >= 0.3 is 17.9 Å². The first kappa shape index (κ1) is 76.8. The molecule has 568 valence electrons. The Hall–Kier alpha value is -12.9. The predicted molar refractivity (Wildman–Crippen MR) is 417 cm³/mol. The van der Waals surface area contributed by atoms with Crippen LogP contribution in [0.3, 0.4) is 0 Å². The highest BCUT2D eigenvalue weighted by atomic mass is 16.4. The zero-order chi connectivity index (χ0) is 79.8. The van der Waals surface area contributed by atoms with E-state index in [1.54, 1.807) is 61.3 Å². The van der Waals surface area contributed by atoms with Crippen molar-refractivity contribution in [2.75, 3.05) is 10.7 Å². The number of hydrazone groups is 1. The van der Waals surface area contributed by atoms with E-state index in [-0.39, 0.29) is 141 Å². The molecule has 0 radical (unpaired) electrons. The number of amides is 1. The van der Waals surface area contributed by atoms with Crippen LogP contribution in [0.4, 0.5) is 34.1 Å². The number of aromatic amines is 2. The molecular weight excluding hydrogens is 1400 g/mol. The summed E-state index contributed by atoms with van der Waals surface area (Å²) in [4.78, 5) is 71.4. The molecule has 10 N–H and O–H groups in total. The van der Waals surface area contributed by atoms with Crippen LogP contribution in [0.2, 0.25) is 0 Å². The Morgan fingerprint density at radius 3 is 1.09 bits per heavy atom. The molecule has 15 rings (SSSR count). The number of nitrogens with two attached hydrogens (primary N) is 1. The maximum Gasteiger partial charge on any atom is 0.371 e. The van der Waals surface area contributed by atoms with E-state index < -0.39 is 17.9 Å². The Bertz CT molecular complexity index is 5510. The smallest absolute Gasteiger partial charge is 0.371 e. The molecule has 26 nitrogen and oxygen atoms in total. The fourth-order valence-electron chi connectivity index (χ4n) is 16.2. The van der Waals surface area contributed by atoms with Gasteiger partial charge in [0.25, 0.3) is 17.0 Å². The average Bonchev–Trinajstić information content (AvgIpc) is 1.60. The van der Waals surface area contributed by atoms with Gasteiger partial charge in [-0.3, -0.25) is 24.6 Å². The van der Waals surface area contributed by atoms with Crippen LogP contribution in [-0.4, -0.2) is 79.7 Å². The molecule has 26 heteroatoms. The van der Waals surface area contributed by atoms with Crippen molar-refractivity contribution in [1.29, 1.82) is 0 Å². The maximum atomic E-state index is 13.3. The zero-order valence-corrected chi connectivity index (χ0v) is 63.7. The Morgan fingerprint density at radius 2 is 0.755 bits per heavy atom. The van der Waals surface area contributed by atoms with Crippen LogP contribution in [0.1, 0.15) is 192 Å². The number of benzene rings is 6. The van der Waals surface area contributed by atoms with Gasteiger partial charge in [0.05, 0.1) is 57.2 Å². The normalized spacial score (nSPS) is 16.3. The summed E-state index contributed by atoms with van der Waals surface area (Å²) in [5, 5.41) is 86.6. The third kappa shape index (κ3) is 14.7. The Kier molecular flexibility index (Phi) is 19.8. The first-order valence-corrected chi connectivity index (χ1v) is 35.6. The minimum atomic E-state index is -1.21. The molecule has 6 heterocycles. The van der Waals surface area contributed by atoms with Gasteiger partial charge < -0.3 is 49.6 Å². The number of aromatic hydroxyl groups is 3. The zero-order valence-electron chi connectivity index (χ0n) is 63.7. The Labute approximate surface area is 632 Å². The van der Waals surface area contributed by atoms with Gasteiger partial charge in [-0.1, -0.05) is 119 Å². The van der Waals surface area contributed by atoms with Gasteiger partial charge in [0.2, 0.25) is 17.3 Å². The number of phenolic OH excluding ortho intramolecular Hbond substituents is 3. The summed E-state index contributed by atoms with van der Waals surface area (Å²) in [7, 11) is 0. The summed E-state index contributed by atoms with van der Waals surface area (Å²) < 4.78 is 18.5. The van der Waals surface area contributed by atoms with Gasteiger partial charge in [0, 0.05) is 5.71 Å². The Morgan fingerprint density at radius 1 is 0.427 bits per heavy atom. The highest BCUT2D eigenvalue weighted by Crippen LogP contribution is 2.53.